The van der Waals surface area contributed by atoms with E-state index in [0.717, 1.165) is 11.1 Å². The number of aliphatic carboxylic acids is 1. The fourth-order valence-corrected chi connectivity index (χ4v) is 2.35. The Morgan fingerprint density at radius 1 is 1.37 bits per heavy atom. The van der Waals surface area contributed by atoms with Crippen molar-refractivity contribution in [3.8, 4) is 0 Å². The normalized spacial score (nSPS) is 13.1. The molecule has 0 aliphatic heterocycles. The largest absolute Gasteiger partial charge is 0.481 e. The van der Waals surface area contributed by atoms with Gasteiger partial charge in [-0.3, -0.25) is 4.79 Å². The van der Waals surface area contributed by atoms with Gasteiger partial charge in [-0.05, 0) is 38.0 Å². The molecule has 0 aliphatic carbocycles. The number of halogens is 1. The van der Waals surface area contributed by atoms with E-state index < -0.39 is 11.9 Å². The van der Waals surface area contributed by atoms with Gasteiger partial charge >= 0.3 is 5.97 Å². The molecule has 19 heavy (non-hydrogen) atoms. The van der Waals surface area contributed by atoms with E-state index in [2.05, 4.69) is 0 Å². The maximum absolute atomic E-state index is 14.0. The average Bonchev–Trinajstić information content (AvgIpc) is 2.69. The summed E-state index contributed by atoms with van der Waals surface area (Å²) < 4.78 is 16.0. The predicted molar refractivity (Wildman–Crippen MR) is 72.8 cm³/mol. The molecular formula is C15H18FNO2. The topological polar surface area (TPSA) is 42.2 Å². The Balaban J connectivity index is 2.57. The lowest BCUT2D eigenvalue weighted by Gasteiger charge is -2.08. The minimum atomic E-state index is -0.859. The maximum atomic E-state index is 14.0. The zero-order valence-electron chi connectivity index (χ0n) is 11.4. The van der Waals surface area contributed by atoms with Gasteiger partial charge in [-0.2, -0.15) is 0 Å². The molecule has 0 bridgehead atoms. The SMILES string of the molecule is CC(Cc1cn(C(C)C)c2cccc(F)c12)C(=O)O. The van der Waals surface area contributed by atoms with Gasteiger partial charge < -0.3 is 9.67 Å². The number of benzene rings is 1. The fourth-order valence-electron chi connectivity index (χ4n) is 2.35. The molecule has 0 saturated carbocycles. The number of carboxylic acid groups (broad SMARTS) is 1. The number of hydrogen-bond donors (Lipinski definition) is 1. The quantitative estimate of drug-likeness (QED) is 0.915. The molecule has 4 heteroatoms. The average molecular weight is 263 g/mol. The molecule has 0 fully saturated rings. The van der Waals surface area contributed by atoms with E-state index >= 15 is 0 Å². The molecule has 2 aromatic rings. The van der Waals surface area contributed by atoms with Crippen LogP contribution >= 0.6 is 0 Å². The highest BCUT2D eigenvalue weighted by molar-refractivity contribution is 5.85. The zero-order chi connectivity index (χ0) is 14.2. The van der Waals surface area contributed by atoms with Crippen LogP contribution in [0.5, 0.6) is 0 Å². The molecule has 2 rings (SSSR count). The Kier molecular flexibility index (Phi) is 3.60. The molecule has 1 N–H and O–H groups in total. The standard InChI is InChI=1S/C15H18FNO2/c1-9(2)17-8-11(7-10(3)15(18)19)14-12(16)5-4-6-13(14)17/h4-6,8-10H,7H2,1-3H3,(H,18,19). The van der Waals surface area contributed by atoms with E-state index in [9.17, 15) is 9.18 Å². The molecule has 1 aromatic heterocycles. The summed E-state index contributed by atoms with van der Waals surface area (Å²) in [5.74, 6) is -1.67. The van der Waals surface area contributed by atoms with Gasteiger partial charge in [0.25, 0.3) is 0 Å². The van der Waals surface area contributed by atoms with E-state index in [4.69, 9.17) is 5.11 Å². The molecule has 0 radical (unpaired) electrons. The van der Waals surface area contributed by atoms with Crippen LogP contribution in [0.2, 0.25) is 0 Å². The van der Waals surface area contributed by atoms with Gasteiger partial charge in [0.2, 0.25) is 0 Å². The number of nitrogens with zero attached hydrogens (tertiary/aromatic N) is 1. The van der Waals surface area contributed by atoms with E-state index in [1.165, 1.54) is 6.07 Å². The van der Waals surface area contributed by atoms with Crippen LogP contribution in [-0.4, -0.2) is 15.6 Å². The third-order valence-electron chi connectivity index (χ3n) is 3.39. The maximum Gasteiger partial charge on any atom is 0.306 e. The van der Waals surface area contributed by atoms with Gasteiger partial charge in [-0.15, -0.1) is 0 Å². The summed E-state index contributed by atoms with van der Waals surface area (Å²) >= 11 is 0. The van der Waals surface area contributed by atoms with Crippen molar-refractivity contribution in [3.63, 3.8) is 0 Å². The molecule has 1 aromatic carbocycles. The lowest BCUT2D eigenvalue weighted by Crippen LogP contribution is -2.12. The molecule has 0 spiro atoms. The van der Waals surface area contributed by atoms with Crippen LogP contribution in [-0.2, 0) is 11.2 Å². The smallest absolute Gasteiger partial charge is 0.306 e. The van der Waals surface area contributed by atoms with Crippen molar-refractivity contribution < 1.29 is 14.3 Å². The number of fused-ring (bicyclic) bond motifs is 1. The van der Waals surface area contributed by atoms with Crippen molar-refractivity contribution in [3.05, 3.63) is 35.8 Å². The van der Waals surface area contributed by atoms with E-state index in [1.54, 1.807) is 13.0 Å². The van der Waals surface area contributed by atoms with Gasteiger partial charge in [0, 0.05) is 17.6 Å². The molecule has 102 valence electrons. The first kappa shape index (κ1) is 13.6. The Morgan fingerprint density at radius 2 is 2.05 bits per heavy atom. The third-order valence-corrected chi connectivity index (χ3v) is 3.39. The summed E-state index contributed by atoms with van der Waals surface area (Å²) in [6, 6.07) is 5.18. The van der Waals surface area contributed by atoms with Gasteiger partial charge in [0.05, 0.1) is 11.4 Å². The first-order valence-electron chi connectivity index (χ1n) is 6.42. The Labute approximate surface area is 111 Å². The first-order valence-corrected chi connectivity index (χ1v) is 6.42. The molecule has 0 amide bonds. The number of carboxylic acids is 1. The predicted octanol–water partition coefficient (Wildman–Crippen LogP) is 3.62. The highest BCUT2D eigenvalue weighted by Gasteiger charge is 2.18. The summed E-state index contributed by atoms with van der Waals surface area (Å²) in [6.45, 7) is 5.69. The second-order valence-corrected chi connectivity index (χ2v) is 5.23. The monoisotopic (exact) mass is 263 g/mol. The lowest BCUT2D eigenvalue weighted by atomic mass is 10.0. The van der Waals surface area contributed by atoms with Crippen molar-refractivity contribution in [2.45, 2.75) is 33.2 Å². The van der Waals surface area contributed by atoms with Crippen LogP contribution in [0.3, 0.4) is 0 Å². The zero-order valence-corrected chi connectivity index (χ0v) is 11.4. The lowest BCUT2D eigenvalue weighted by molar-refractivity contribution is -0.141. The number of rotatable bonds is 4. The van der Waals surface area contributed by atoms with Crippen molar-refractivity contribution >= 4 is 16.9 Å². The van der Waals surface area contributed by atoms with Crippen molar-refractivity contribution in [1.82, 2.24) is 4.57 Å². The van der Waals surface area contributed by atoms with Gasteiger partial charge in [-0.25, -0.2) is 4.39 Å². The van der Waals surface area contributed by atoms with Gasteiger partial charge in [-0.1, -0.05) is 13.0 Å². The number of carbonyl (C=O) groups is 1. The van der Waals surface area contributed by atoms with Crippen molar-refractivity contribution in [2.24, 2.45) is 5.92 Å². The first-order chi connectivity index (χ1) is 8.91. The molecule has 1 heterocycles. The van der Waals surface area contributed by atoms with Crippen molar-refractivity contribution in [1.29, 1.82) is 0 Å². The minimum Gasteiger partial charge on any atom is -0.481 e. The molecule has 3 nitrogen and oxygen atoms in total. The molecule has 1 unspecified atom stereocenters. The van der Waals surface area contributed by atoms with Gasteiger partial charge in [0.15, 0.2) is 0 Å². The van der Waals surface area contributed by atoms with Gasteiger partial charge in [0.1, 0.15) is 5.82 Å². The summed E-state index contributed by atoms with van der Waals surface area (Å²) in [7, 11) is 0. The van der Waals surface area contributed by atoms with E-state index in [0.29, 0.717) is 11.8 Å². The second kappa shape index (κ2) is 5.03. The Bertz CT molecular complexity index is 616. The second-order valence-electron chi connectivity index (χ2n) is 5.23. The Morgan fingerprint density at radius 3 is 2.63 bits per heavy atom. The molecule has 0 saturated heterocycles. The van der Waals surface area contributed by atoms with Crippen LogP contribution < -0.4 is 0 Å². The number of aromatic nitrogens is 1. The number of hydrogen-bond acceptors (Lipinski definition) is 1. The summed E-state index contributed by atoms with van der Waals surface area (Å²) in [6.07, 6.45) is 2.21. The highest BCUT2D eigenvalue weighted by Crippen LogP contribution is 2.28. The summed E-state index contributed by atoms with van der Waals surface area (Å²) in [5, 5.41) is 9.55. The molecule has 1 atom stereocenters. The van der Waals surface area contributed by atoms with Crippen molar-refractivity contribution in [2.75, 3.05) is 0 Å². The fraction of sp³-hybridized carbons (Fsp3) is 0.400. The third kappa shape index (κ3) is 2.48. The van der Waals surface area contributed by atoms with E-state index in [1.807, 2.05) is 30.7 Å². The summed E-state index contributed by atoms with van der Waals surface area (Å²) in [5.41, 5.74) is 1.58. The minimum absolute atomic E-state index is 0.207. The van der Waals surface area contributed by atoms with Crippen LogP contribution in [0.15, 0.2) is 24.4 Å². The van der Waals surface area contributed by atoms with Crippen LogP contribution in [0, 0.1) is 11.7 Å². The highest BCUT2D eigenvalue weighted by atomic mass is 19.1. The summed E-state index contributed by atoms with van der Waals surface area (Å²) in [4.78, 5) is 11.0. The molecule has 0 aliphatic rings. The van der Waals surface area contributed by atoms with Crippen LogP contribution in [0.1, 0.15) is 32.4 Å². The van der Waals surface area contributed by atoms with E-state index in [-0.39, 0.29) is 11.9 Å². The molecular weight excluding hydrogens is 245 g/mol. The Hall–Kier alpha value is -1.84. The van der Waals surface area contributed by atoms with Crippen LogP contribution in [0.4, 0.5) is 4.39 Å². The van der Waals surface area contributed by atoms with Crippen LogP contribution in [0.25, 0.3) is 10.9 Å².